The molecule has 14 heavy (non-hydrogen) atoms. The van der Waals surface area contributed by atoms with Crippen molar-refractivity contribution in [3.63, 3.8) is 0 Å². The van der Waals surface area contributed by atoms with E-state index in [1.165, 1.54) is 38.2 Å². The summed E-state index contributed by atoms with van der Waals surface area (Å²) in [5.41, 5.74) is 0. The lowest BCUT2D eigenvalue weighted by Gasteiger charge is -2.30. The monoisotopic (exact) mass is 219 g/mol. The molecule has 1 fully saturated rings. The lowest BCUT2D eigenvalue weighted by molar-refractivity contribution is 0.0430. The van der Waals surface area contributed by atoms with Crippen molar-refractivity contribution in [2.75, 3.05) is 38.8 Å². The van der Waals surface area contributed by atoms with Gasteiger partial charge >= 0.3 is 0 Å². The minimum atomic E-state index is 0.524. The van der Waals surface area contributed by atoms with Gasteiger partial charge in [0.2, 0.25) is 0 Å². The van der Waals surface area contributed by atoms with Crippen molar-refractivity contribution >= 4 is 11.8 Å². The van der Waals surface area contributed by atoms with Crippen LogP contribution in [0.4, 0.5) is 0 Å². The number of hydrogen-bond donors (Lipinski definition) is 0. The number of ether oxygens (including phenoxy) is 1. The quantitative estimate of drug-likeness (QED) is 0.721. The average molecular weight is 219 g/mol. The Labute approximate surface area is 93.4 Å². The zero-order valence-corrected chi connectivity index (χ0v) is 10.9. The van der Waals surface area contributed by atoms with Crippen LogP contribution in [0.5, 0.6) is 0 Å². The van der Waals surface area contributed by atoms with E-state index in [1.54, 1.807) is 0 Å². The molecule has 0 amide bonds. The first kappa shape index (κ1) is 14.3. The predicted octanol–water partition coefficient (Wildman–Crippen LogP) is 2.49. The molecule has 0 atom stereocenters. The molecule has 0 spiro atoms. The van der Waals surface area contributed by atoms with Crippen LogP contribution in [0, 0.1) is 0 Å². The van der Waals surface area contributed by atoms with Gasteiger partial charge in [0.15, 0.2) is 0 Å². The molecule has 3 heteroatoms. The van der Waals surface area contributed by atoms with E-state index >= 15 is 0 Å². The minimum absolute atomic E-state index is 0.524. The number of methoxy groups -OCH3 is 1. The molecule has 0 N–H and O–H groups in total. The van der Waals surface area contributed by atoms with Crippen LogP contribution in [0.3, 0.4) is 0 Å². The van der Waals surface area contributed by atoms with Crippen LogP contribution in [-0.4, -0.2) is 49.8 Å². The molecule has 1 aliphatic rings. The number of thioether (sulfide) groups is 1. The van der Waals surface area contributed by atoms with Crippen molar-refractivity contribution in [3.05, 3.63) is 0 Å². The van der Waals surface area contributed by atoms with Crippen LogP contribution in [0.1, 0.15) is 26.7 Å². The molecule has 0 bridgehead atoms. The fraction of sp³-hybridized carbons (Fsp3) is 1.00. The Morgan fingerprint density at radius 1 is 1.29 bits per heavy atom. The minimum Gasteiger partial charge on any atom is -0.381 e. The van der Waals surface area contributed by atoms with Crippen molar-refractivity contribution in [2.45, 2.75) is 32.8 Å². The third-order valence-electron chi connectivity index (χ3n) is 2.48. The molecule has 0 radical (unpaired) electrons. The summed E-state index contributed by atoms with van der Waals surface area (Å²) in [5, 5.41) is 0. The number of likely N-dealkylation sites (tertiary alicyclic amines) is 1. The van der Waals surface area contributed by atoms with Crippen LogP contribution < -0.4 is 0 Å². The molecule has 0 unspecified atom stereocenters. The summed E-state index contributed by atoms with van der Waals surface area (Å²) in [7, 11) is 1.82. The molecule has 0 aromatic heterocycles. The second-order valence-corrected chi connectivity index (χ2v) is 4.26. The van der Waals surface area contributed by atoms with E-state index < -0.39 is 0 Å². The third kappa shape index (κ3) is 5.89. The first-order valence-corrected chi connectivity index (χ1v) is 7.00. The third-order valence-corrected chi connectivity index (χ3v) is 3.07. The molecular weight excluding hydrogens is 194 g/mol. The Balaban J connectivity index is 0.000000791. The largest absolute Gasteiger partial charge is 0.381 e. The first-order valence-electron chi connectivity index (χ1n) is 5.61. The van der Waals surface area contributed by atoms with Crippen LogP contribution >= 0.6 is 11.8 Å². The fourth-order valence-electron chi connectivity index (χ4n) is 1.59. The van der Waals surface area contributed by atoms with Gasteiger partial charge in [0, 0.05) is 32.5 Å². The molecule has 0 aliphatic carbocycles. The summed E-state index contributed by atoms with van der Waals surface area (Å²) < 4.78 is 5.31. The number of piperidine rings is 1. The molecule has 86 valence electrons. The number of hydrogen-bond acceptors (Lipinski definition) is 3. The zero-order chi connectivity index (χ0) is 10.8. The number of rotatable bonds is 4. The molecule has 0 saturated carbocycles. The van der Waals surface area contributed by atoms with Gasteiger partial charge in [0.25, 0.3) is 0 Å². The predicted molar refractivity (Wildman–Crippen MR) is 66.2 cm³/mol. The van der Waals surface area contributed by atoms with Crippen molar-refractivity contribution < 1.29 is 4.74 Å². The van der Waals surface area contributed by atoms with Gasteiger partial charge in [-0.1, -0.05) is 13.8 Å². The van der Waals surface area contributed by atoms with Crippen LogP contribution in [0.2, 0.25) is 0 Å². The van der Waals surface area contributed by atoms with Gasteiger partial charge < -0.3 is 9.64 Å². The fourth-order valence-corrected chi connectivity index (χ4v) is 2.03. The van der Waals surface area contributed by atoms with E-state index in [9.17, 15) is 0 Å². The Bertz CT molecular complexity index is 114. The van der Waals surface area contributed by atoms with E-state index in [4.69, 9.17) is 4.74 Å². The Hall–Kier alpha value is 0.270. The van der Waals surface area contributed by atoms with Crippen LogP contribution in [0.25, 0.3) is 0 Å². The molecule has 1 heterocycles. The zero-order valence-electron chi connectivity index (χ0n) is 10.1. The maximum Gasteiger partial charge on any atom is 0.0595 e. The molecule has 0 aromatic rings. The molecular formula is C11H25NOS. The normalized spacial score (nSPS) is 18.9. The van der Waals surface area contributed by atoms with Gasteiger partial charge in [0.05, 0.1) is 6.10 Å². The Kier molecular flexibility index (Phi) is 10.0. The highest BCUT2D eigenvalue weighted by Crippen LogP contribution is 2.12. The maximum atomic E-state index is 5.31. The second kappa shape index (κ2) is 9.81. The molecule has 1 aliphatic heterocycles. The van der Waals surface area contributed by atoms with Gasteiger partial charge in [-0.2, -0.15) is 11.8 Å². The molecule has 2 nitrogen and oxygen atoms in total. The van der Waals surface area contributed by atoms with Gasteiger partial charge in [-0.05, 0) is 19.1 Å². The molecule has 1 saturated heterocycles. The van der Waals surface area contributed by atoms with Crippen LogP contribution in [-0.2, 0) is 4.74 Å². The average Bonchev–Trinajstić information content (AvgIpc) is 2.30. The lowest BCUT2D eigenvalue weighted by Crippen LogP contribution is -2.37. The first-order chi connectivity index (χ1) is 6.86. The van der Waals surface area contributed by atoms with Crippen molar-refractivity contribution in [1.29, 1.82) is 0 Å². The maximum absolute atomic E-state index is 5.31. The van der Waals surface area contributed by atoms with Crippen molar-refractivity contribution in [2.24, 2.45) is 0 Å². The van der Waals surface area contributed by atoms with Gasteiger partial charge in [0.1, 0.15) is 0 Å². The van der Waals surface area contributed by atoms with E-state index in [0.717, 1.165) is 0 Å². The van der Waals surface area contributed by atoms with Gasteiger partial charge in [-0.3, -0.25) is 0 Å². The Morgan fingerprint density at radius 3 is 2.29 bits per heavy atom. The van der Waals surface area contributed by atoms with Crippen molar-refractivity contribution in [1.82, 2.24) is 4.90 Å². The molecule has 0 aromatic carbocycles. The SMILES string of the molecule is CC.COC1CCN(CCSC)CC1. The van der Waals surface area contributed by atoms with Crippen LogP contribution in [0.15, 0.2) is 0 Å². The van der Waals surface area contributed by atoms with E-state index in [0.29, 0.717) is 6.10 Å². The van der Waals surface area contributed by atoms with Gasteiger partial charge in [-0.25, -0.2) is 0 Å². The Morgan fingerprint density at radius 2 is 1.86 bits per heavy atom. The topological polar surface area (TPSA) is 12.5 Å². The summed E-state index contributed by atoms with van der Waals surface area (Å²) in [6.07, 6.45) is 5.12. The summed E-state index contributed by atoms with van der Waals surface area (Å²) in [6, 6.07) is 0. The molecule has 1 rings (SSSR count). The lowest BCUT2D eigenvalue weighted by atomic mass is 10.1. The smallest absolute Gasteiger partial charge is 0.0595 e. The highest BCUT2D eigenvalue weighted by Gasteiger charge is 2.17. The van der Waals surface area contributed by atoms with Gasteiger partial charge in [-0.15, -0.1) is 0 Å². The number of nitrogens with zero attached hydrogens (tertiary/aromatic N) is 1. The van der Waals surface area contributed by atoms with Crippen molar-refractivity contribution in [3.8, 4) is 0 Å². The van der Waals surface area contributed by atoms with E-state index in [1.807, 2.05) is 32.7 Å². The highest BCUT2D eigenvalue weighted by atomic mass is 32.2. The van der Waals surface area contributed by atoms with E-state index in [2.05, 4.69) is 11.2 Å². The second-order valence-electron chi connectivity index (χ2n) is 3.27. The summed E-state index contributed by atoms with van der Waals surface area (Å²) in [5.74, 6) is 1.26. The summed E-state index contributed by atoms with van der Waals surface area (Å²) in [4.78, 5) is 2.53. The summed E-state index contributed by atoms with van der Waals surface area (Å²) in [6.45, 7) is 7.69. The highest BCUT2D eigenvalue weighted by molar-refractivity contribution is 7.98. The standard InChI is InChI=1S/C9H19NOS.C2H6/c1-11-9-3-5-10(6-4-9)7-8-12-2;1-2/h9H,3-8H2,1-2H3;1-2H3. The summed E-state index contributed by atoms with van der Waals surface area (Å²) >= 11 is 1.93. The van der Waals surface area contributed by atoms with E-state index in [-0.39, 0.29) is 0 Å².